The number of benzene rings is 1. The summed E-state index contributed by atoms with van der Waals surface area (Å²) >= 11 is 1.15. The maximum atomic E-state index is 11.1. The number of carboxylic acid groups (broad SMARTS) is 1. The van der Waals surface area contributed by atoms with Gasteiger partial charge in [-0.05, 0) is 30.2 Å². The Morgan fingerprint density at radius 2 is 1.75 bits per heavy atom. The lowest BCUT2D eigenvalue weighted by atomic mass is 10.1. The number of carboxylic acids is 1. The van der Waals surface area contributed by atoms with Gasteiger partial charge in [-0.2, -0.15) is 0 Å². The van der Waals surface area contributed by atoms with Gasteiger partial charge < -0.3 is 20.3 Å². The molecule has 0 saturated carbocycles. The molecule has 0 amide bonds. The highest BCUT2D eigenvalue weighted by Crippen LogP contribution is 2.40. The Kier molecular flexibility index (Phi) is 3.85. The second-order valence-corrected chi connectivity index (χ2v) is 5.23. The molecule has 0 aliphatic heterocycles. The van der Waals surface area contributed by atoms with Crippen LogP contribution in [0.2, 0.25) is 0 Å². The van der Waals surface area contributed by atoms with Crippen LogP contribution < -0.4 is 15.2 Å². The van der Waals surface area contributed by atoms with Crippen LogP contribution in [0.15, 0.2) is 18.2 Å². The number of methoxy groups -OCH3 is 2. The van der Waals surface area contributed by atoms with Crippen molar-refractivity contribution in [3.63, 3.8) is 0 Å². The van der Waals surface area contributed by atoms with E-state index in [4.69, 9.17) is 20.3 Å². The van der Waals surface area contributed by atoms with Crippen molar-refractivity contribution >= 4 is 23.0 Å². The summed E-state index contributed by atoms with van der Waals surface area (Å²) < 4.78 is 10.4. The van der Waals surface area contributed by atoms with Crippen molar-refractivity contribution in [3.05, 3.63) is 28.6 Å². The second kappa shape index (κ2) is 5.42. The number of thiophene rings is 1. The SMILES string of the molecule is COc1cc(OC)cc(-c2sc(C(=O)O)c(N)c2C)c1. The first kappa shape index (κ1) is 14.2. The third-order valence-electron chi connectivity index (χ3n) is 3.00. The highest BCUT2D eigenvalue weighted by Gasteiger charge is 2.19. The Morgan fingerprint density at radius 1 is 1.20 bits per heavy atom. The molecule has 0 fully saturated rings. The summed E-state index contributed by atoms with van der Waals surface area (Å²) in [6.07, 6.45) is 0. The maximum Gasteiger partial charge on any atom is 0.348 e. The molecule has 0 radical (unpaired) electrons. The normalized spacial score (nSPS) is 10.3. The van der Waals surface area contributed by atoms with Gasteiger partial charge in [0.25, 0.3) is 0 Å². The fourth-order valence-corrected chi connectivity index (χ4v) is 2.95. The van der Waals surface area contributed by atoms with Crippen molar-refractivity contribution in [2.45, 2.75) is 6.92 Å². The highest BCUT2D eigenvalue weighted by atomic mass is 32.1. The number of nitrogen functional groups attached to an aromatic ring is 1. The summed E-state index contributed by atoms with van der Waals surface area (Å²) in [7, 11) is 3.13. The number of anilines is 1. The Bertz CT molecular complexity index is 641. The monoisotopic (exact) mass is 293 g/mol. The van der Waals surface area contributed by atoms with Gasteiger partial charge in [-0.15, -0.1) is 11.3 Å². The van der Waals surface area contributed by atoms with Crippen LogP contribution in [0.3, 0.4) is 0 Å². The van der Waals surface area contributed by atoms with Crippen LogP contribution >= 0.6 is 11.3 Å². The van der Waals surface area contributed by atoms with E-state index in [2.05, 4.69) is 0 Å². The van der Waals surface area contributed by atoms with Crippen LogP contribution in [0.25, 0.3) is 10.4 Å². The first-order valence-corrected chi connectivity index (χ1v) is 6.65. The molecular formula is C14H15NO4S. The molecule has 0 spiro atoms. The molecule has 6 heteroatoms. The summed E-state index contributed by atoms with van der Waals surface area (Å²) in [6, 6.07) is 5.41. The molecule has 0 unspecified atom stereocenters. The van der Waals surface area contributed by atoms with Gasteiger partial charge in [0.2, 0.25) is 0 Å². The minimum Gasteiger partial charge on any atom is -0.497 e. The summed E-state index contributed by atoms with van der Waals surface area (Å²) in [5.41, 5.74) is 7.73. The van der Waals surface area contributed by atoms with E-state index < -0.39 is 5.97 Å². The first-order chi connectivity index (χ1) is 9.47. The van der Waals surface area contributed by atoms with E-state index in [1.807, 2.05) is 12.1 Å². The molecule has 0 aliphatic carbocycles. The molecule has 1 heterocycles. The number of nitrogens with two attached hydrogens (primary N) is 1. The van der Waals surface area contributed by atoms with E-state index in [0.717, 1.165) is 27.3 Å². The van der Waals surface area contributed by atoms with Crippen LogP contribution in [0, 0.1) is 6.92 Å². The van der Waals surface area contributed by atoms with Crippen LogP contribution in [0.4, 0.5) is 5.69 Å². The van der Waals surface area contributed by atoms with Gasteiger partial charge in [0, 0.05) is 10.9 Å². The van der Waals surface area contributed by atoms with Crippen molar-refractivity contribution in [1.82, 2.24) is 0 Å². The van der Waals surface area contributed by atoms with Gasteiger partial charge in [0.15, 0.2) is 0 Å². The Morgan fingerprint density at radius 3 is 2.15 bits per heavy atom. The first-order valence-electron chi connectivity index (χ1n) is 5.83. The van der Waals surface area contributed by atoms with Gasteiger partial charge in [-0.1, -0.05) is 0 Å². The Hall–Kier alpha value is -2.21. The minimum atomic E-state index is -1.02. The second-order valence-electron chi connectivity index (χ2n) is 4.21. The molecule has 1 aromatic carbocycles. The third kappa shape index (κ3) is 2.42. The Labute approximate surface area is 120 Å². The number of ether oxygens (including phenoxy) is 2. The third-order valence-corrected chi connectivity index (χ3v) is 4.35. The molecule has 0 bridgehead atoms. The quantitative estimate of drug-likeness (QED) is 0.905. The van der Waals surface area contributed by atoms with E-state index >= 15 is 0 Å². The summed E-state index contributed by atoms with van der Waals surface area (Å²) in [5, 5.41) is 9.13. The van der Waals surface area contributed by atoms with E-state index in [1.54, 1.807) is 27.2 Å². The number of hydrogen-bond donors (Lipinski definition) is 2. The van der Waals surface area contributed by atoms with Gasteiger partial charge >= 0.3 is 5.97 Å². The Balaban J connectivity index is 2.62. The lowest BCUT2D eigenvalue weighted by Crippen LogP contribution is -1.97. The van der Waals surface area contributed by atoms with Gasteiger partial charge in [0.05, 0.1) is 19.9 Å². The molecule has 106 valence electrons. The molecule has 3 N–H and O–H groups in total. The lowest BCUT2D eigenvalue weighted by molar-refractivity contribution is 0.0703. The predicted octanol–water partition coefficient (Wildman–Crippen LogP) is 3.02. The van der Waals surface area contributed by atoms with Crippen molar-refractivity contribution in [3.8, 4) is 21.9 Å². The zero-order valence-electron chi connectivity index (χ0n) is 11.4. The van der Waals surface area contributed by atoms with E-state index in [1.165, 1.54) is 0 Å². The lowest BCUT2D eigenvalue weighted by Gasteiger charge is -2.08. The number of rotatable bonds is 4. The molecule has 0 saturated heterocycles. The van der Waals surface area contributed by atoms with Crippen LogP contribution in [0.5, 0.6) is 11.5 Å². The van der Waals surface area contributed by atoms with Crippen molar-refractivity contribution in [2.24, 2.45) is 0 Å². The van der Waals surface area contributed by atoms with E-state index in [9.17, 15) is 4.79 Å². The predicted molar refractivity (Wildman–Crippen MR) is 79.0 cm³/mol. The highest BCUT2D eigenvalue weighted by molar-refractivity contribution is 7.18. The average Bonchev–Trinajstić information content (AvgIpc) is 2.75. The standard InChI is InChI=1S/C14H15NO4S/c1-7-11(15)13(14(16)17)20-12(7)8-4-9(18-2)6-10(5-8)19-3/h4-6H,15H2,1-3H3,(H,16,17). The molecular weight excluding hydrogens is 278 g/mol. The average molecular weight is 293 g/mol. The molecule has 1 aromatic heterocycles. The molecule has 0 aliphatic rings. The van der Waals surface area contributed by atoms with Gasteiger partial charge in [0.1, 0.15) is 16.4 Å². The molecule has 20 heavy (non-hydrogen) atoms. The molecule has 0 atom stereocenters. The fraction of sp³-hybridized carbons (Fsp3) is 0.214. The van der Waals surface area contributed by atoms with Crippen LogP contribution in [-0.4, -0.2) is 25.3 Å². The van der Waals surface area contributed by atoms with Crippen LogP contribution in [-0.2, 0) is 0 Å². The molecule has 2 rings (SSSR count). The van der Waals surface area contributed by atoms with Crippen molar-refractivity contribution < 1.29 is 19.4 Å². The fourth-order valence-electron chi connectivity index (χ4n) is 1.90. The van der Waals surface area contributed by atoms with Gasteiger partial charge in [-0.25, -0.2) is 4.79 Å². The minimum absolute atomic E-state index is 0.152. The van der Waals surface area contributed by atoms with E-state index in [0.29, 0.717) is 17.2 Å². The van der Waals surface area contributed by atoms with Crippen molar-refractivity contribution in [1.29, 1.82) is 0 Å². The maximum absolute atomic E-state index is 11.1. The smallest absolute Gasteiger partial charge is 0.348 e. The van der Waals surface area contributed by atoms with Gasteiger partial charge in [-0.3, -0.25) is 0 Å². The summed E-state index contributed by atoms with van der Waals surface area (Å²) in [4.78, 5) is 12.1. The number of hydrogen-bond acceptors (Lipinski definition) is 5. The summed E-state index contributed by atoms with van der Waals surface area (Å²) in [6.45, 7) is 1.81. The summed E-state index contributed by atoms with van der Waals surface area (Å²) in [5.74, 6) is 0.266. The van der Waals surface area contributed by atoms with Crippen molar-refractivity contribution in [2.75, 3.05) is 20.0 Å². The number of carbonyl (C=O) groups is 1. The topological polar surface area (TPSA) is 81.8 Å². The molecule has 2 aromatic rings. The molecule has 5 nitrogen and oxygen atoms in total. The van der Waals surface area contributed by atoms with Crippen LogP contribution in [0.1, 0.15) is 15.2 Å². The zero-order valence-corrected chi connectivity index (χ0v) is 12.2. The number of aromatic carboxylic acids is 1. The largest absolute Gasteiger partial charge is 0.497 e. The zero-order chi connectivity index (χ0) is 14.9. The van der Waals surface area contributed by atoms with E-state index in [-0.39, 0.29) is 4.88 Å².